The second-order valence-corrected chi connectivity index (χ2v) is 11.0. The second-order valence-electron chi connectivity index (χ2n) is 9.92. The van der Waals surface area contributed by atoms with Crippen LogP contribution in [0.4, 0.5) is 5.82 Å². The third kappa shape index (κ3) is 7.22. The molecule has 3 unspecified atom stereocenters. The van der Waals surface area contributed by atoms with E-state index in [-0.39, 0.29) is 24.0 Å². The fourth-order valence-electron chi connectivity index (χ4n) is 5.27. The third-order valence-electron chi connectivity index (χ3n) is 7.31. The highest BCUT2D eigenvalue weighted by molar-refractivity contribution is 7.18. The van der Waals surface area contributed by atoms with Crippen LogP contribution >= 0.6 is 11.3 Å². The number of carbonyl (C=O) groups is 1. The Kier molecular flexibility index (Phi) is 11.6. The molecule has 0 spiro atoms. The van der Waals surface area contributed by atoms with Gasteiger partial charge in [0.25, 0.3) is 0 Å². The van der Waals surface area contributed by atoms with Crippen LogP contribution in [0.5, 0.6) is 0 Å². The van der Waals surface area contributed by atoms with Gasteiger partial charge in [-0.3, -0.25) is 9.63 Å². The van der Waals surface area contributed by atoms with Gasteiger partial charge in [0.15, 0.2) is 0 Å². The van der Waals surface area contributed by atoms with Gasteiger partial charge in [-0.25, -0.2) is 9.97 Å². The van der Waals surface area contributed by atoms with Crippen LogP contribution in [0.25, 0.3) is 10.2 Å². The Labute approximate surface area is 253 Å². The van der Waals surface area contributed by atoms with Crippen LogP contribution in [0.1, 0.15) is 63.9 Å². The fourth-order valence-corrected chi connectivity index (χ4v) is 6.20. The summed E-state index contributed by atoms with van der Waals surface area (Å²) in [5, 5.41) is 11.1. The fraction of sp³-hybridized carbons (Fsp3) is 0.469. The van der Waals surface area contributed by atoms with Gasteiger partial charge in [0, 0.05) is 30.9 Å². The molecule has 1 amide bonds. The first-order chi connectivity index (χ1) is 20.6. The number of nitrogens with zero attached hydrogens (tertiary/aromatic N) is 7. The lowest BCUT2D eigenvalue weighted by molar-refractivity contribution is -0.171. The van der Waals surface area contributed by atoms with Crippen molar-refractivity contribution >= 4 is 33.3 Å². The highest BCUT2D eigenvalue weighted by atomic mass is 32.1. The maximum Gasteiger partial charge on any atom is 0.222 e. The largest absolute Gasteiger partial charge is 0.345 e. The molecule has 0 aliphatic carbocycles. The highest BCUT2D eigenvalue weighted by Gasteiger charge is 2.33. The Bertz CT molecular complexity index is 1370. The van der Waals surface area contributed by atoms with Gasteiger partial charge in [0.05, 0.1) is 18.0 Å². The molecule has 3 atom stereocenters. The smallest absolute Gasteiger partial charge is 0.222 e. The lowest BCUT2D eigenvalue weighted by atomic mass is 10.0. The Hall–Kier alpha value is -3.63. The summed E-state index contributed by atoms with van der Waals surface area (Å²) < 4.78 is 0. The molecule has 1 fully saturated rings. The van der Waals surface area contributed by atoms with E-state index in [2.05, 4.69) is 57.5 Å². The number of fused-ring (bicyclic) bond motifs is 1. The van der Waals surface area contributed by atoms with Gasteiger partial charge < -0.3 is 9.80 Å². The van der Waals surface area contributed by atoms with Crippen LogP contribution in [0, 0.1) is 0 Å². The molecule has 224 valence electrons. The molecule has 0 radical (unpaired) electrons. The molecule has 4 heterocycles. The highest BCUT2D eigenvalue weighted by Crippen LogP contribution is 2.36. The molecule has 2 aliphatic heterocycles. The van der Waals surface area contributed by atoms with E-state index < -0.39 is 0 Å². The lowest BCUT2D eigenvalue weighted by Gasteiger charge is -2.42. The van der Waals surface area contributed by atoms with E-state index in [4.69, 9.17) is 9.82 Å². The third-order valence-corrected chi connectivity index (χ3v) is 8.50. The Morgan fingerprint density at radius 3 is 2.62 bits per heavy atom. The zero-order valence-corrected chi connectivity index (χ0v) is 26.2. The van der Waals surface area contributed by atoms with E-state index in [1.54, 1.807) is 22.8 Å². The number of rotatable bonds is 10. The second kappa shape index (κ2) is 15.6. The van der Waals surface area contributed by atoms with Crippen LogP contribution in [-0.2, 0) is 16.1 Å². The molecule has 10 heteroatoms. The predicted octanol–water partition coefficient (Wildman–Crippen LogP) is 6.95. The maximum atomic E-state index is 13.3. The van der Waals surface area contributed by atoms with Gasteiger partial charge in [-0.15, -0.1) is 16.5 Å². The number of benzene rings is 1. The summed E-state index contributed by atoms with van der Waals surface area (Å²) in [6, 6.07) is 12.5. The zero-order chi connectivity index (χ0) is 29.9. The van der Waals surface area contributed by atoms with Gasteiger partial charge in [-0.05, 0) is 43.5 Å². The van der Waals surface area contributed by atoms with E-state index in [1.165, 1.54) is 10.4 Å². The van der Waals surface area contributed by atoms with Gasteiger partial charge in [-0.1, -0.05) is 75.4 Å². The van der Waals surface area contributed by atoms with Gasteiger partial charge in [0.1, 0.15) is 29.1 Å². The molecule has 42 heavy (non-hydrogen) atoms. The van der Waals surface area contributed by atoms with Crippen molar-refractivity contribution in [3.63, 3.8) is 0 Å². The monoisotopic (exact) mass is 589 g/mol. The van der Waals surface area contributed by atoms with Crippen molar-refractivity contribution in [1.82, 2.24) is 20.0 Å². The number of hydrogen-bond acceptors (Lipinski definition) is 9. The van der Waals surface area contributed by atoms with Crippen molar-refractivity contribution in [3.8, 4) is 0 Å². The quantitative estimate of drug-likeness (QED) is 0.188. The average Bonchev–Trinajstić information content (AvgIpc) is 3.64. The molecule has 0 saturated carbocycles. The van der Waals surface area contributed by atoms with Crippen LogP contribution in [-0.4, -0.2) is 64.3 Å². The number of hydrogen-bond donors (Lipinski definition) is 0. The number of amides is 1. The van der Waals surface area contributed by atoms with Gasteiger partial charge >= 0.3 is 0 Å². The van der Waals surface area contributed by atoms with Gasteiger partial charge in [0.2, 0.25) is 5.91 Å². The SMILES string of the molecule is C/C=C\C1N=NN(OCCCC(=O)N2CCN(c3ncnc4sc(CC)cc34)C(c3ccccc3)C2)C1/C=C\C.CC. The number of hydroxylamine groups is 1. The van der Waals surface area contributed by atoms with E-state index in [9.17, 15) is 4.79 Å². The number of piperazine rings is 1. The van der Waals surface area contributed by atoms with Crippen molar-refractivity contribution < 1.29 is 9.63 Å². The summed E-state index contributed by atoms with van der Waals surface area (Å²) >= 11 is 1.73. The number of carbonyl (C=O) groups excluding carboxylic acids is 1. The van der Waals surface area contributed by atoms with Crippen LogP contribution in [0.2, 0.25) is 0 Å². The van der Waals surface area contributed by atoms with Crippen LogP contribution < -0.4 is 4.90 Å². The minimum absolute atomic E-state index is 0.00776. The van der Waals surface area contributed by atoms with E-state index >= 15 is 0 Å². The molecule has 0 bridgehead atoms. The van der Waals surface area contributed by atoms with Crippen molar-refractivity contribution in [2.24, 2.45) is 10.3 Å². The molecule has 9 nitrogen and oxygen atoms in total. The molecule has 0 N–H and O–H groups in total. The van der Waals surface area contributed by atoms with Crippen molar-refractivity contribution in [3.05, 3.63) is 77.5 Å². The van der Waals surface area contributed by atoms with Crippen molar-refractivity contribution in [2.45, 2.75) is 72.0 Å². The van der Waals surface area contributed by atoms with Gasteiger partial charge in [-0.2, -0.15) is 5.11 Å². The summed E-state index contributed by atoms with van der Waals surface area (Å²) in [4.78, 5) is 35.1. The number of anilines is 1. The minimum atomic E-state index is -0.0681. The lowest BCUT2D eigenvalue weighted by Crippen LogP contribution is -2.51. The molecular weight excluding hydrogens is 546 g/mol. The van der Waals surface area contributed by atoms with E-state index in [0.717, 1.165) is 22.5 Å². The topological polar surface area (TPSA) is 86.5 Å². The average molecular weight is 590 g/mol. The van der Waals surface area contributed by atoms with Crippen LogP contribution in [0.15, 0.2) is 77.4 Å². The molecule has 2 aromatic heterocycles. The van der Waals surface area contributed by atoms with E-state index in [1.807, 2.05) is 63.0 Å². The number of thiophene rings is 1. The molecule has 5 rings (SSSR count). The molecule has 3 aromatic rings. The summed E-state index contributed by atoms with van der Waals surface area (Å²) in [5.41, 5.74) is 1.17. The van der Waals surface area contributed by atoms with Crippen molar-refractivity contribution in [1.29, 1.82) is 0 Å². The Balaban J connectivity index is 0.00000198. The number of aromatic nitrogens is 2. The number of aryl methyl sites for hydroxylation is 1. The molecule has 2 aliphatic rings. The zero-order valence-electron chi connectivity index (χ0n) is 25.4. The summed E-state index contributed by atoms with van der Waals surface area (Å²) in [7, 11) is 0. The molecule has 1 saturated heterocycles. The molecule has 1 aromatic carbocycles. The first-order valence-electron chi connectivity index (χ1n) is 15.0. The van der Waals surface area contributed by atoms with Crippen LogP contribution in [0.3, 0.4) is 0 Å². The van der Waals surface area contributed by atoms with Crippen molar-refractivity contribution in [2.75, 3.05) is 31.1 Å². The predicted molar refractivity (Wildman–Crippen MR) is 170 cm³/mol. The minimum Gasteiger partial charge on any atom is -0.345 e. The first-order valence-corrected chi connectivity index (χ1v) is 15.9. The summed E-state index contributed by atoms with van der Waals surface area (Å²) in [6.45, 7) is 12.5. The first kappa shape index (κ1) is 31.3. The normalized spacial score (nSPS) is 20.6. The summed E-state index contributed by atoms with van der Waals surface area (Å²) in [6.07, 6.45) is 11.7. The maximum absolute atomic E-state index is 13.3. The Morgan fingerprint density at radius 1 is 1.10 bits per heavy atom. The standard InChI is InChI=1S/C30H37N7O2S.C2H6/c1-4-11-25-26(12-5-2)37(34-33-25)39-18-10-15-28(38)35-16-17-36(27(20-35)22-13-8-7-9-14-22)29-24-19-23(6-3)40-30(24)32-21-31-29;1-2/h4-5,7-9,11-14,19,21,25-27H,6,10,15-18,20H2,1-3H3;1-2H3/b11-4-,12-5-;. The van der Waals surface area contributed by atoms with E-state index in [0.29, 0.717) is 39.1 Å². The Morgan fingerprint density at radius 2 is 1.88 bits per heavy atom. The summed E-state index contributed by atoms with van der Waals surface area (Å²) in [5.74, 6) is 1.09. The molecular formula is C32H43N7O2S. The number of allylic oxidation sites excluding steroid dienone is 2.